The van der Waals surface area contributed by atoms with Crippen molar-refractivity contribution in [3.05, 3.63) is 0 Å². The maximum Gasteiger partial charge on any atom is 0.320 e. The molecular formula is C28H55NO4. The number of carboxylic acids is 1. The number of nitrogens with two attached hydrogens (primary N) is 1. The summed E-state index contributed by atoms with van der Waals surface area (Å²) in [7, 11) is 0. The second-order valence-corrected chi connectivity index (χ2v) is 9.77. The lowest BCUT2D eigenvalue weighted by atomic mass is 10.0. The SMILES string of the molecule is CCCCCCCCCCCCCCCCOC(=O)CCCCCCCCCC(N)C(=O)O. The van der Waals surface area contributed by atoms with E-state index in [1.165, 1.54) is 83.5 Å². The molecule has 196 valence electrons. The van der Waals surface area contributed by atoms with Crippen molar-refractivity contribution in [1.29, 1.82) is 0 Å². The Bertz CT molecular complexity index is 442. The molecule has 3 N–H and O–H groups in total. The molecule has 0 amide bonds. The molecule has 0 bridgehead atoms. The standard InChI is InChI=1S/C28H55NO4/c1-2-3-4-5-6-7-8-9-10-11-12-16-19-22-25-33-27(30)24-21-18-15-13-14-17-20-23-26(29)28(31)32/h26H,2-25,29H2,1H3,(H,31,32). The van der Waals surface area contributed by atoms with Gasteiger partial charge >= 0.3 is 11.9 Å². The van der Waals surface area contributed by atoms with Crippen molar-refractivity contribution in [3.8, 4) is 0 Å². The Morgan fingerprint density at radius 1 is 0.636 bits per heavy atom. The lowest BCUT2D eigenvalue weighted by Gasteiger charge is -2.06. The Balaban J connectivity index is 3.20. The smallest absolute Gasteiger partial charge is 0.320 e. The van der Waals surface area contributed by atoms with E-state index in [2.05, 4.69) is 6.92 Å². The Hall–Kier alpha value is -1.10. The van der Waals surface area contributed by atoms with Gasteiger partial charge in [-0.2, -0.15) is 0 Å². The molecule has 5 nitrogen and oxygen atoms in total. The molecule has 0 spiro atoms. The first-order valence-corrected chi connectivity index (χ1v) is 14.2. The van der Waals surface area contributed by atoms with E-state index in [-0.39, 0.29) is 5.97 Å². The Morgan fingerprint density at radius 3 is 1.48 bits per heavy atom. The van der Waals surface area contributed by atoms with Crippen LogP contribution >= 0.6 is 0 Å². The third-order valence-corrected chi connectivity index (χ3v) is 6.47. The van der Waals surface area contributed by atoms with Crippen LogP contribution in [0, 0.1) is 0 Å². The highest BCUT2D eigenvalue weighted by Gasteiger charge is 2.09. The average molecular weight is 470 g/mol. The van der Waals surface area contributed by atoms with E-state index in [9.17, 15) is 9.59 Å². The molecule has 0 rings (SSSR count). The minimum absolute atomic E-state index is 0.0487. The summed E-state index contributed by atoms with van der Waals surface area (Å²) >= 11 is 0. The Labute approximate surface area is 204 Å². The molecule has 0 aliphatic rings. The largest absolute Gasteiger partial charge is 0.480 e. The predicted molar refractivity (Wildman–Crippen MR) is 138 cm³/mol. The van der Waals surface area contributed by atoms with Gasteiger partial charge in [-0.25, -0.2) is 0 Å². The van der Waals surface area contributed by atoms with Crippen LogP contribution in [-0.2, 0) is 14.3 Å². The lowest BCUT2D eigenvalue weighted by Crippen LogP contribution is -2.29. The van der Waals surface area contributed by atoms with Gasteiger partial charge in [0.1, 0.15) is 6.04 Å². The summed E-state index contributed by atoms with van der Waals surface area (Å²) in [5.74, 6) is -0.960. The van der Waals surface area contributed by atoms with Gasteiger partial charge in [0.15, 0.2) is 0 Å². The fourth-order valence-corrected chi connectivity index (χ4v) is 4.20. The van der Waals surface area contributed by atoms with Crippen molar-refractivity contribution < 1.29 is 19.4 Å². The van der Waals surface area contributed by atoms with E-state index in [1.807, 2.05) is 0 Å². The predicted octanol–water partition coefficient (Wildman–Crippen LogP) is 7.93. The van der Waals surface area contributed by atoms with E-state index in [4.69, 9.17) is 15.6 Å². The number of hydrogen-bond donors (Lipinski definition) is 2. The topological polar surface area (TPSA) is 89.6 Å². The number of ether oxygens (including phenoxy) is 1. The first kappa shape index (κ1) is 31.9. The number of carbonyl (C=O) groups excluding carboxylic acids is 1. The molecule has 0 saturated carbocycles. The molecule has 1 atom stereocenters. The molecule has 0 saturated heterocycles. The monoisotopic (exact) mass is 469 g/mol. The van der Waals surface area contributed by atoms with Crippen molar-refractivity contribution in [2.24, 2.45) is 5.73 Å². The highest BCUT2D eigenvalue weighted by atomic mass is 16.5. The summed E-state index contributed by atoms with van der Waals surface area (Å²) in [5.41, 5.74) is 5.48. The number of aliphatic carboxylic acids is 1. The summed E-state index contributed by atoms with van der Waals surface area (Å²) < 4.78 is 5.35. The maximum atomic E-state index is 11.8. The highest BCUT2D eigenvalue weighted by Crippen LogP contribution is 2.13. The van der Waals surface area contributed by atoms with Crippen LogP contribution in [0.2, 0.25) is 0 Å². The number of esters is 1. The van der Waals surface area contributed by atoms with Crippen LogP contribution in [0.1, 0.15) is 155 Å². The Morgan fingerprint density at radius 2 is 1.03 bits per heavy atom. The normalized spacial score (nSPS) is 12.1. The summed E-state index contributed by atoms with van der Waals surface area (Å²) in [6, 6.07) is -0.722. The first-order valence-electron chi connectivity index (χ1n) is 14.2. The molecule has 1 unspecified atom stereocenters. The van der Waals surface area contributed by atoms with Crippen LogP contribution in [0.5, 0.6) is 0 Å². The number of rotatable bonds is 26. The van der Waals surface area contributed by atoms with Crippen LogP contribution in [0.25, 0.3) is 0 Å². The van der Waals surface area contributed by atoms with Crippen LogP contribution < -0.4 is 5.73 Å². The molecule has 0 radical (unpaired) electrons. The van der Waals surface area contributed by atoms with E-state index in [1.54, 1.807) is 0 Å². The molecule has 0 aliphatic heterocycles. The van der Waals surface area contributed by atoms with Crippen LogP contribution in [-0.4, -0.2) is 29.7 Å². The molecular weight excluding hydrogens is 414 g/mol. The van der Waals surface area contributed by atoms with E-state index < -0.39 is 12.0 Å². The average Bonchev–Trinajstić information content (AvgIpc) is 2.80. The zero-order chi connectivity index (χ0) is 24.4. The third kappa shape index (κ3) is 25.4. The van der Waals surface area contributed by atoms with Crippen LogP contribution in [0.4, 0.5) is 0 Å². The van der Waals surface area contributed by atoms with Crippen molar-refractivity contribution in [2.75, 3.05) is 6.61 Å². The zero-order valence-electron chi connectivity index (χ0n) is 21.8. The molecule has 0 aromatic rings. The van der Waals surface area contributed by atoms with Gasteiger partial charge in [-0.1, -0.05) is 129 Å². The maximum absolute atomic E-state index is 11.8. The molecule has 0 aromatic heterocycles. The van der Waals surface area contributed by atoms with Gasteiger partial charge in [0, 0.05) is 6.42 Å². The van der Waals surface area contributed by atoms with Crippen molar-refractivity contribution >= 4 is 11.9 Å². The van der Waals surface area contributed by atoms with Gasteiger partial charge < -0.3 is 15.6 Å². The lowest BCUT2D eigenvalue weighted by molar-refractivity contribution is -0.144. The van der Waals surface area contributed by atoms with Crippen LogP contribution in [0.15, 0.2) is 0 Å². The summed E-state index contributed by atoms with van der Waals surface area (Å²) in [6.45, 7) is 2.85. The molecule has 5 heteroatoms. The number of hydrogen-bond acceptors (Lipinski definition) is 4. The number of carbonyl (C=O) groups is 2. The molecule has 0 aromatic carbocycles. The minimum atomic E-state index is -0.911. The molecule has 0 aliphatic carbocycles. The second-order valence-electron chi connectivity index (χ2n) is 9.77. The molecule has 33 heavy (non-hydrogen) atoms. The fourth-order valence-electron chi connectivity index (χ4n) is 4.20. The first-order chi connectivity index (χ1) is 16.1. The minimum Gasteiger partial charge on any atom is -0.480 e. The molecule has 0 heterocycles. The number of unbranched alkanes of at least 4 members (excludes halogenated alkanes) is 19. The van der Waals surface area contributed by atoms with Crippen molar-refractivity contribution in [3.63, 3.8) is 0 Å². The summed E-state index contributed by atoms with van der Waals surface area (Å²) in [5, 5.41) is 8.73. The zero-order valence-corrected chi connectivity index (χ0v) is 21.8. The van der Waals surface area contributed by atoms with E-state index in [0.29, 0.717) is 19.4 Å². The van der Waals surface area contributed by atoms with E-state index in [0.717, 1.165) is 51.4 Å². The molecule has 0 fully saturated rings. The summed E-state index contributed by atoms with van der Waals surface area (Å²) in [6.07, 6.45) is 27.0. The fraction of sp³-hybridized carbons (Fsp3) is 0.929. The van der Waals surface area contributed by atoms with Crippen molar-refractivity contribution in [1.82, 2.24) is 0 Å². The Kier molecular flexibility index (Phi) is 24.7. The van der Waals surface area contributed by atoms with E-state index >= 15 is 0 Å². The van der Waals surface area contributed by atoms with Gasteiger partial charge in [0.2, 0.25) is 0 Å². The highest BCUT2D eigenvalue weighted by molar-refractivity contribution is 5.72. The number of carboxylic acid groups (broad SMARTS) is 1. The summed E-state index contributed by atoms with van der Waals surface area (Å²) in [4.78, 5) is 22.4. The van der Waals surface area contributed by atoms with Crippen molar-refractivity contribution in [2.45, 2.75) is 161 Å². The van der Waals surface area contributed by atoms with Gasteiger partial charge in [0.25, 0.3) is 0 Å². The quantitative estimate of drug-likeness (QED) is 0.0991. The van der Waals surface area contributed by atoms with Crippen LogP contribution in [0.3, 0.4) is 0 Å². The van der Waals surface area contributed by atoms with Gasteiger partial charge in [0.05, 0.1) is 6.61 Å². The van der Waals surface area contributed by atoms with Gasteiger partial charge in [-0.15, -0.1) is 0 Å². The second kappa shape index (κ2) is 25.5. The van der Waals surface area contributed by atoms with Gasteiger partial charge in [-0.3, -0.25) is 9.59 Å². The van der Waals surface area contributed by atoms with Gasteiger partial charge in [-0.05, 0) is 19.3 Å². The third-order valence-electron chi connectivity index (χ3n) is 6.47.